The molecule has 0 aromatic carbocycles. The van der Waals surface area contributed by atoms with Crippen LogP contribution in [0.1, 0.15) is 0 Å². The van der Waals surface area contributed by atoms with Crippen LogP contribution in [-0.4, -0.2) is 154 Å². The summed E-state index contributed by atoms with van der Waals surface area (Å²) in [5.41, 5.74) is 0. The second-order valence-electron chi connectivity index (χ2n) is 8.14. The highest BCUT2D eigenvalue weighted by molar-refractivity contribution is 4.96. The van der Waals surface area contributed by atoms with Crippen LogP contribution >= 0.6 is 0 Å². The van der Waals surface area contributed by atoms with Crippen molar-refractivity contribution in [3.63, 3.8) is 0 Å². The Bertz CT molecular complexity index is 585. The van der Waals surface area contributed by atoms with Gasteiger partial charge in [0, 0.05) is 13.7 Å². The molecule has 0 aromatic rings. The zero-order valence-electron chi connectivity index (χ0n) is 17.5. The minimum absolute atomic E-state index is 0.125. The van der Waals surface area contributed by atoms with Crippen molar-refractivity contribution < 1.29 is 64.5 Å². The van der Waals surface area contributed by atoms with Crippen LogP contribution in [0, 0.1) is 0 Å². The molecule has 0 amide bonds. The van der Waals surface area contributed by atoms with Crippen LogP contribution in [0.3, 0.4) is 0 Å². The van der Waals surface area contributed by atoms with Gasteiger partial charge in [-0.3, -0.25) is 0 Å². The maximum absolute atomic E-state index is 10.6. The summed E-state index contributed by atoms with van der Waals surface area (Å²) in [6.07, 6.45) is -16.9. The van der Waals surface area contributed by atoms with Gasteiger partial charge in [0.1, 0.15) is 54.9 Å². The van der Waals surface area contributed by atoms with E-state index in [0.717, 1.165) is 0 Å². The number of ether oxygens (including phenoxy) is 5. The van der Waals surface area contributed by atoms with Crippen molar-refractivity contribution in [2.24, 2.45) is 0 Å². The van der Waals surface area contributed by atoms with E-state index in [1.54, 1.807) is 0 Å². The lowest BCUT2D eigenvalue weighted by Gasteiger charge is -2.46. The van der Waals surface area contributed by atoms with Gasteiger partial charge in [-0.25, -0.2) is 0 Å². The van der Waals surface area contributed by atoms with Gasteiger partial charge in [-0.15, -0.1) is 0 Å². The molecule has 32 heavy (non-hydrogen) atoms. The molecule has 5 unspecified atom stereocenters. The van der Waals surface area contributed by atoms with Crippen LogP contribution < -0.4 is 5.32 Å². The van der Waals surface area contributed by atoms with E-state index in [0.29, 0.717) is 0 Å². The monoisotopic (exact) mass is 471 g/mol. The molecule has 0 aliphatic carbocycles. The number of nitrogens with one attached hydrogen (secondary N) is 1. The largest absolute Gasteiger partial charge is 0.395 e. The van der Waals surface area contributed by atoms with E-state index in [2.05, 4.69) is 5.32 Å². The fraction of sp³-hybridized carbons (Fsp3) is 1.00. The van der Waals surface area contributed by atoms with Crippen LogP contribution in [0.15, 0.2) is 0 Å². The molecule has 14 nitrogen and oxygen atoms in total. The highest BCUT2D eigenvalue weighted by Crippen LogP contribution is 2.30. The topological polar surface area (TPSA) is 220 Å². The molecule has 188 valence electrons. The molecule has 14 heteroatoms. The molecular weight excluding hydrogens is 438 g/mol. The molecule has 0 radical (unpaired) electrons. The van der Waals surface area contributed by atoms with Gasteiger partial charge in [-0.2, -0.15) is 0 Å². The standard InChI is InChI=1S/C18H33NO13/c1-28-5-9-10(23)11(24)13(26)17(30-9)32-16-8(4-21)29-18(14(27)12(16)25)31-15-6(3-20)19-2-7(15)22/h6-27H,2-5H2,1H3/t6?,7?,8-,9-,10-,11+,12-,13-,14-,15?,16?,17+,18?/m1/s1. The van der Waals surface area contributed by atoms with Crippen molar-refractivity contribution >= 4 is 0 Å². The first-order chi connectivity index (χ1) is 15.2. The quantitative estimate of drug-likeness (QED) is 0.161. The third-order valence-corrected chi connectivity index (χ3v) is 5.96. The van der Waals surface area contributed by atoms with Crippen molar-refractivity contribution in [2.45, 2.75) is 79.7 Å². The molecule has 3 saturated heterocycles. The normalized spacial score (nSPS) is 50.0. The number of aliphatic hydroxyl groups excluding tert-OH is 8. The number of methoxy groups -OCH3 is 1. The molecule has 3 heterocycles. The van der Waals surface area contributed by atoms with Crippen molar-refractivity contribution in [3.8, 4) is 0 Å². The van der Waals surface area contributed by atoms with Gasteiger partial charge in [0.05, 0.1) is 32.0 Å². The molecule has 9 N–H and O–H groups in total. The maximum Gasteiger partial charge on any atom is 0.187 e. The van der Waals surface area contributed by atoms with Crippen LogP contribution in [0.4, 0.5) is 0 Å². The summed E-state index contributed by atoms with van der Waals surface area (Å²) in [7, 11) is 1.35. The van der Waals surface area contributed by atoms with E-state index < -0.39 is 86.3 Å². The minimum Gasteiger partial charge on any atom is -0.395 e. The molecule has 0 saturated carbocycles. The zero-order valence-corrected chi connectivity index (χ0v) is 17.5. The van der Waals surface area contributed by atoms with E-state index in [1.807, 2.05) is 0 Å². The second kappa shape index (κ2) is 11.2. The Morgan fingerprint density at radius 3 is 1.94 bits per heavy atom. The Balaban J connectivity index is 1.69. The minimum atomic E-state index is -1.71. The first-order valence-electron chi connectivity index (χ1n) is 10.4. The lowest BCUT2D eigenvalue weighted by molar-refractivity contribution is -0.364. The number of aliphatic hydroxyl groups is 8. The summed E-state index contributed by atoms with van der Waals surface area (Å²) < 4.78 is 27.0. The summed E-state index contributed by atoms with van der Waals surface area (Å²) in [6.45, 7) is -1.01. The summed E-state index contributed by atoms with van der Waals surface area (Å²) in [6, 6.07) is -0.629. The van der Waals surface area contributed by atoms with Crippen molar-refractivity contribution in [1.29, 1.82) is 0 Å². The summed E-state index contributed by atoms with van der Waals surface area (Å²) in [4.78, 5) is 0. The Hall–Kier alpha value is -0.560. The van der Waals surface area contributed by atoms with Crippen molar-refractivity contribution in [3.05, 3.63) is 0 Å². The van der Waals surface area contributed by atoms with Gasteiger partial charge >= 0.3 is 0 Å². The van der Waals surface area contributed by atoms with Crippen LogP contribution in [0.25, 0.3) is 0 Å². The Labute approximate surface area is 183 Å². The maximum atomic E-state index is 10.6. The average molecular weight is 471 g/mol. The Morgan fingerprint density at radius 1 is 0.750 bits per heavy atom. The SMILES string of the molecule is COC[C@H]1O[C@@H](OC2[C@@H](CO)OC(OC3C(O)CNC3CO)[C@H](O)[C@H]2O)[C@H](O)[C@@H](O)[C@@H]1O. The van der Waals surface area contributed by atoms with E-state index in [4.69, 9.17) is 23.7 Å². The number of rotatable bonds is 8. The first-order valence-corrected chi connectivity index (χ1v) is 10.4. The van der Waals surface area contributed by atoms with Crippen molar-refractivity contribution in [1.82, 2.24) is 5.32 Å². The van der Waals surface area contributed by atoms with Gasteiger partial charge in [-0.1, -0.05) is 0 Å². The highest BCUT2D eigenvalue weighted by Gasteiger charge is 2.52. The third-order valence-electron chi connectivity index (χ3n) is 5.96. The molecular formula is C18H33NO13. The lowest BCUT2D eigenvalue weighted by Crippen LogP contribution is -2.65. The Kier molecular flexibility index (Phi) is 9.15. The molecule has 13 atom stereocenters. The predicted molar refractivity (Wildman–Crippen MR) is 101 cm³/mol. The van der Waals surface area contributed by atoms with Gasteiger partial charge in [0.25, 0.3) is 0 Å². The summed E-state index contributed by atoms with van der Waals surface area (Å²) in [5, 5.41) is 83.5. The molecule has 3 fully saturated rings. The first kappa shape index (κ1) is 26.1. The third kappa shape index (κ3) is 5.24. The molecule has 3 aliphatic rings. The van der Waals surface area contributed by atoms with E-state index in [-0.39, 0.29) is 19.8 Å². The number of hydrogen-bond donors (Lipinski definition) is 9. The van der Waals surface area contributed by atoms with Gasteiger partial charge in [-0.05, 0) is 0 Å². The van der Waals surface area contributed by atoms with E-state index in [9.17, 15) is 40.9 Å². The fourth-order valence-corrected chi connectivity index (χ4v) is 4.10. The molecule has 0 bridgehead atoms. The highest BCUT2D eigenvalue weighted by atomic mass is 16.7. The molecule has 3 rings (SSSR count). The number of hydrogen-bond acceptors (Lipinski definition) is 14. The average Bonchev–Trinajstić information content (AvgIpc) is 3.14. The summed E-state index contributed by atoms with van der Waals surface area (Å²) >= 11 is 0. The van der Waals surface area contributed by atoms with E-state index in [1.165, 1.54) is 7.11 Å². The van der Waals surface area contributed by atoms with Crippen molar-refractivity contribution in [2.75, 3.05) is 33.5 Å². The van der Waals surface area contributed by atoms with Crippen LogP contribution in [0.5, 0.6) is 0 Å². The predicted octanol–water partition coefficient (Wildman–Crippen LogP) is -6.03. The zero-order chi connectivity index (χ0) is 23.6. The van der Waals surface area contributed by atoms with Crippen LogP contribution in [0.2, 0.25) is 0 Å². The molecule has 0 spiro atoms. The van der Waals surface area contributed by atoms with Gasteiger partial charge in [0.15, 0.2) is 12.6 Å². The fourth-order valence-electron chi connectivity index (χ4n) is 4.10. The van der Waals surface area contributed by atoms with Gasteiger partial charge < -0.3 is 69.9 Å². The van der Waals surface area contributed by atoms with Gasteiger partial charge in [0.2, 0.25) is 0 Å². The molecule has 3 aliphatic heterocycles. The smallest absolute Gasteiger partial charge is 0.187 e. The van der Waals surface area contributed by atoms with Crippen LogP contribution in [-0.2, 0) is 23.7 Å². The van der Waals surface area contributed by atoms with E-state index >= 15 is 0 Å². The second-order valence-corrected chi connectivity index (χ2v) is 8.14. The molecule has 0 aromatic heterocycles. The summed E-state index contributed by atoms with van der Waals surface area (Å²) in [5.74, 6) is 0. The number of β-amino-alcohol motifs (C(OH)–C–C–N with tert-alkyl or cyclic N) is 1. The lowest BCUT2D eigenvalue weighted by atomic mass is 9.97. The Morgan fingerprint density at radius 2 is 1.34 bits per heavy atom.